The summed E-state index contributed by atoms with van der Waals surface area (Å²) in [6.45, 7) is 1.03. The number of aliphatic carboxylic acids is 2. The Bertz CT molecular complexity index is 992. The van der Waals surface area contributed by atoms with Gasteiger partial charge in [-0.05, 0) is 55.3 Å². The summed E-state index contributed by atoms with van der Waals surface area (Å²) in [5.41, 5.74) is 1.05. The largest absolute Gasteiger partial charge is 0.497 e. The average molecular weight is 515 g/mol. The van der Waals surface area contributed by atoms with Gasteiger partial charge in [0.2, 0.25) is 10.0 Å². The minimum Gasteiger partial charge on any atom is -0.497 e. The first-order valence-electron chi connectivity index (χ1n) is 9.26. The lowest BCUT2D eigenvalue weighted by molar-refractivity contribution is -0.159. The van der Waals surface area contributed by atoms with E-state index >= 15 is 0 Å². The zero-order valence-corrected chi connectivity index (χ0v) is 19.1. The number of halogens is 1. The van der Waals surface area contributed by atoms with Crippen LogP contribution in [0.1, 0.15) is 12.8 Å². The van der Waals surface area contributed by atoms with Gasteiger partial charge in [0, 0.05) is 29.3 Å². The molecule has 31 heavy (non-hydrogen) atoms. The quantitative estimate of drug-likeness (QED) is 0.518. The molecule has 3 rings (SSSR count). The van der Waals surface area contributed by atoms with E-state index in [0.717, 1.165) is 23.0 Å². The molecular formula is C20H23BrN2O7S. The smallest absolute Gasteiger partial charge is 0.414 e. The van der Waals surface area contributed by atoms with E-state index in [9.17, 15) is 8.42 Å². The van der Waals surface area contributed by atoms with E-state index in [1.165, 1.54) is 0 Å². The fourth-order valence-corrected chi connectivity index (χ4v) is 4.82. The Morgan fingerprint density at radius 3 is 2.13 bits per heavy atom. The minimum absolute atomic E-state index is 0.275. The number of ether oxygens (including phenoxy) is 1. The average Bonchev–Trinajstić information content (AvgIpc) is 2.74. The molecule has 2 aromatic rings. The van der Waals surface area contributed by atoms with Gasteiger partial charge in [-0.25, -0.2) is 18.0 Å². The summed E-state index contributed by atoms with van der Waals surface area (Å²) in [5, 5.41) is 18.3. The van der Waals surface area contributed by atoms with E-state index in [2.05, 4.69) is 21.2 Å². The van der Waals surface area contributed by atoms with Gasteiger partial charge in [0.1, 0.15) is 5.75 Å². The topological polar surface area (TPSA) is 133 Å². The molecule has 1 aliphatic heterocycles. The Labute approximate surface area is 188 Å². The molecule has 0 aliphatic carbocycles. The Morgan fingerprint density at radius 1 is 1.06 bits per heavy atom. The molecular weight excluding hydrogens is 492 g/mol. The van der Waals surface area contributed by atoms with Crippen LogP contribution in [-0.2, 0) is 19.6 Å². The van der Waals surface area contributed by atoms with E-state index in [1.807, 2.05) is 24.3 Å². The summed E-state index contributed by atoms with van der Waals surface area (Å²) in [4.78, 5) is 18.5. The van der Waals surface area contributed by atoms with Gasteiger partial charge in [-0.15, -0.1) is 0 Å². The molecule has 1 fully saturated rings. The molecule has 1 heterocycles. The first kappa shape index (κ1) is 24.6. The molecule has 168 valence electrons. The zero-order chi connectivity index (χ0) is 23.0. The fraction of sp³-hybridized carbons (Fsp3) is 0.300. The second kappa shape index (κ2) is 11.1. The van der Waals surface area contributed by atoms with Crippen molar-refractivity contribution in [3.8, 4) is 5.75 Å². The van der Waals surface area contributed by atoms with Crippen LogP contribution in [-0.4, -0.2) is 61.1 Å². The molecule has 0 radical (unpaired) electrons. The Balaban J connectivity index is 0.000000501. The second-order valence-corrected chi connectivity index (χ2v) is 9.47. The van der Waals surface area contributed by atoms with E-state index < -0.39 is 22.0 Å². The summed E-state index contributed by atoms with van der Waals surface area (Å²) in [6, 6.07) is 14.8. The number of sulfonamides is 1. The van der Waals surface area contributed by atoms with Crippen LogP contribution in [0.2, 0.25) is 0 Å². The lowest BCUT2D eigenvalue weighted by atomic mass is 10.1. The molecule has 3 N–H and O–H groups in total. The molecule has 1 aliphatic rings. The number of carboxylic acid groups (broad SMARTS) is 2. The molecule has 0 unspecified atom stereocenters. The number of carbonyl (C=O) groups is 2. The van der Waals surface area contributed by atoms with E-state index in [4.69, 9.17) is 24.5 Å². The Kier molecular flexibility index (Phi) is 8.84. The van der Waals surface area contributed by atoms with E-state index in [0.29, 0.717) is 23.7 Å². The van der Waals surface area contributed by atoms with E-state index in [1.54, 1.807) is 35.7 Å². The van der Waals surface area contributed by atoms with Crippen LogP contribution < -0.4 is 10.1 Å². The van der Waals surface area contributed by atoms with Gasteiger partial charge < -0.3 is 20.3 Å². The molecule has 0 saturated carbocycles. The first-order valence-corrected chi connectivity index (χ1v) is 11.5. The summed E-state index contributed by atoms with van der Waals surface area (Å²) in [6.07, 6.45) is 1.56. The number of carboxylic acids is 2. The van der Waals surface area contributed by atoms with Gasteiger partial charge in [-0.2, -0.15) is 4.31 Å². The maximum Gasteiger partial charge on any atom is 0.414 e. The number of piperidine rings is 1. The number of anilines is 1. The molecule has 0 aromatic heterocycles. The van der Waals surface area contributed by atoms with Crippen molar-refractivity contribution in [2.24, 2.45) is 0 Å². The highest BCUT2D eigenvalue weighted by Gasteiger charge is 2.29. The summed E-state index contributed by atoms with van der Waals surface area (Å²) in [7, 11) is -1.89. The van der Waals surface area contributed by atoms with Crippen molar-refractivity contribution in [2.75, 3.05) is 25.5 Å². The monoisotopic (exact) mass is 514 g/mol. The molecule has 1 saturated heterocycles. The van der Waals surface area contributed by atoms with Crippen LogP contribution in [0.5, 0.6) is 5.75 Å². The third kappa shape index (κ3) is 7.23. The zero-order valence-electron chi connectivity index (χ0n) is 16.7. The molecule has 11 heteroatoms. The lowest BCUT2D eigenvalue weighted by Gasteiger charge is -2.32. The Hall–Kier alpha value is -2.63. The molecule has 2 aromatic carbocycles. The third-order valence-corrected chi connectivity index (χ3v) is 6.94. The second-order valence-electron chi connectivity index (χ2n) is 6.62. The summed E-state index contributed by atoms with van der Waals surface area (Å²) >= 11 is 3.46. The minimum atomic E-state index is -3.45. The first-order chi connectivity index (χ1) is 14.6. The molecule has 0 atom stereocenters. The van der Waals surface area contributed by atoms with Gasteiger partial charge in [-0.3, -0.25) is 0 Å². The highest BCUT2D eigenvalue weighted by molar-refractivity contribution is 9.10. The van der Waals surface area contributed by atoms with Crippen molar-refractivity contribution in [1.29, 1.82) is 0 Å². The molecule has 9 nitrogen and oxygen atoms in total. The normalized spacial score (nSPS) is 14.8. The number of hydrogen-bond acceptors (Lipinski definition) is 6. The summed E-state index contributed by atoms with van der Waals surface area (Å²) in [5.74, 6) is -3.00. The van der Waals surface area contributed by atoms with Crippen molar-refractivity contribution in [3.05, 3.63) is 53.0 Å². The summed E-state index contributed by atoms with van der Waals surface area (Å²) < 4.78 is 33.2. The van der Waals surface area contributed by atoms with Crippen LogP contribution in [0, 0.1) is 0 Å². The molecule has 0 bridgehead atoms. The maximum atomic E-state index is 12.8. The number of hydrogen-bond donors (Lipinski definition) is 3. The van der Waals surface area contributed by atoms with E-state index in [-0.39, 0.29) is 6.04 Å². The van der Waals surface area contributed by atoms with Crippen molar-refractivity contribution >= 4 is 43.6 Å². The molecule has 0 spiro atoms. The van der Waals surface area contributed by atoms with Gasteiger partial charge in [0.15, 0.2) is 0 Å². The van der Waals surface area contributed by atoms with Gasteiger partial charge in [0.25, 0.3) is 0 Å². The van der Waals surface area contributed by atoms with Crippen LogP contribution in [0.3, 0.4) is 0 Å². The maximum absolute atomic E-state index is 12.8. The number of benzene rings is 2. The number of nitrogens with zero attached hydrogens (tertiary/aromatic N) is 1. The van der Waals surface area contributed by atoms with Gasteiger partial charge in [-0.1, -0.05) is 22.0 Å². The van der Waals surface area contributed by atoms with Crippen LogP contribution in [0.4, 0.5) is 5.69 Å². The SMILES string of the molecule is COc1ccc(S(=O)(=O)N2CCC(Nc3cccc(Br)c3)CC2)cc1.O=C(O)C(=O)O. The lowest BCUT2D eigenvalue weighted by Crippen LogP contribution is -2.42. The fourth-order valence-electron chi connectivity index (χ4n) is 2.95. The third-order valence-electron chi connectivity index (χ3n) is 4.53. The number of methoxy groups -OCH3 is 1. The van der Waals surface area contributed by atoms with Crippen molar-refractivity contribution < 1.29 is 33.0 Å². The number of rotatable bonds is 5. The van der Waals surface area contributed by atoms with Crippen molar-refractivity contribution in [1.82, 2.24) is 4.31 Å². The van der Waals surface area contributed by atoms with Crippen molar-refractivity contribution in [2.45, 2.75) is 23.8 Å². The Morgan fingerprint density at radius 2 is 1.65 bits per heavy atom. The standard InChI is InChI=1S/C18H21BrN2O3S.C2H2O4/c1-24-17-5-7-18(8-6-17)25(22,23)21-11-9-15(10-12-21)20-16-4-2-3-14(19)13-16;3-1(4)2(5)6/h2-8,13,15,20H,9-12H2,1H3;(H,3,4)(H,5,6). The van der Waals surface area contributed by atoms with Crippen LogP contribution in [0.15, 0.2) is 57.9 Å². The highest BCUT2D eigenvalue weighted by Crippen LogP contribution is 2.25. The molecule has 0 amide bonds. The predicted octanol–water partition coefficient (Wildman–Crippen LogP) is 2.88. The van der Waals surface area contributed by atoms with Crippen LogP contribution in [0.25, 0.3) is 0 Å². The van der Waals surface area contributed by atoms with Crippen LogP contribution >= 0.6 is 15.9 Å². The van der Waals surface area contributed by atoms with Crippen molar-refractivity contribution in [3.63, 3.8) is 0 Å². The highest BCUT2D eigenvalue weighted by atomic mass is 79.9. The predicted molar refractivity (Wildman–Crippen MR) is 118 cm³/mol. The van der Waals surface area contributed by atoms with Gasteiger partial charge in [0.05, 0.1) is 12.0 Å². The van der Waals surface area contributed by atoms with Gasteiger partial charge >= 0.3 is 11.9 Å². The number of nitrogens with one attached hydrogen (secondary N) is 1.